The van der Waals surface area contributed by atoms with Crippen LogP contribution < -0.4 is 5.32 Å². The van der Waals surface area contributed by atoms with Crippen LogP contribution >= 0.6 is 0 Å². The number of benzene rings is 2. The van der Waals surface area contributed by atoms with Gasteiger partial charge in [0.2, 0.25) is 0 Å². The number of alkyl carbamates (subject to hydrolysis) is 1. The number of ether oxygens (including phenoxy) is 11. The van der Waals surface area contributed by atoms with Gasteiger partial charge in [0, 0.05) is 19.1 Å². The number of carbonyl (C=O) groups is 1. The van der Waals surface area contributed by atoms with E-state index in [9.17, 15) is 4.79 Å². The molecule has 2 aromatic carbocycles. The van der Waals surface area contributed by atoms with Crippen molar-refractivity contribution in [2.75, 3.05) is 152 Å². The minimum Gasteiger partial charge on any atom is -0.449 e. The summed E-state index contributed by atoms with van der Waals surface area (Å²) >= 11 is 0. The maximum Gasteiger partial charge on any atom is 0.407 e. The van der Waals surface area contributed by atoms with Crippen molar-refractivity contribution in [3.8, 4) is 11.1 Å². The molecule has 0 fully saturated rings. The van der Waals surface area contributed by atoms with Gasteiger partial charge in [-0.25, -0.2) is 4.79 Å². The van der Waals surface area contributed by atoms with E-state index in [1.807, 2.05) is 24.3 Å². The summed E-state index contributed by atoms with van der Waals surface area (Å²) in [6.07, 6.45) is 0.271. The third-order valence-corrected chi connectivity index (χ3v) is 9.26. The Labute approximate surface area is 335 Å². The van der Waals surface area contributed by atoms with E-state index >= 15 is 0 Å². The lowest BCUT2D eigenvalue weighted by molar-refractivity contribution is -0.0267. The zero-order valence-electron chi connectivity index (χ0n) is 34.0. The van der Waals surface area contributed by atoms with Gasteiger partial charge in [-0.2, -0.15) is 0 Å². The zero-order valence-corrected chi connectivity index (χ0v) is 35.0. The Morgan fingerprint density at radius 1 is 0.482 bits per heavy atom. The van der Waals surface area contributed by atoms with Gasteiger partial charge in [-0.05, 0) is 48.3 Å². The molecule has 1 aliphatic rings. The third-order valence-electron chi connectivity index (χ3n) is 8.19. The summed E-state index contributed by atoms with van der Waals surface area (Å²) in [5, 5.41) is 2.81. The molecule has 1 N–H and O–H groups in total. The van der Waals surface area contributed by atoms with Gasteiger partial charge < -0.3 is 61.8 Å². The number of amides is 1. The van der Waals surface area contributed by atoms with Gasteiger partial charge in [-0.1, -0.05) is 48.5 Å². The van der Waals surface area contributed by atoms with E-state index < -0.39 is 14.4 Å². The zero-order chi connectivity index (χ0) is 39.8. The summed E-state index contributed by atoms with van der Waals surface area (Å²) in [6, 6.07) is 16.6. The van der Waals surface area contributed by atoms with Crippen molar-refractivity contribution in [2.24, 2.45) is 0 Å². The lowest BCUT2D eigenvalue weighted by Gasteiger charge is -2.16. The van der Waals surface area contributed by atoms with Crippen molar-refractivity contribution in [3.05, 3.63) is 59.7 Å². The fourth-order valence-electron chi connectivity index (χ4n) is 5.50. The lowest BCUT2D eigenvalue weighted by Crippen LogP contribution is -2.27. The first-order chi connectivity index (χ1) is 27.5. The maximum absolute atomic E-state index is 12.3. The Hall–Kier alpha value is -2.51. The average molecular weight is 810 g/mol. The molecule has 0 saturated heterocycles. The fraction of sp³-hybridized carbons (Fsp3) is 0.683. The number of hydrogen-bond donors (Lipinski definition) is 1. The molecular weight excluding hydrogens is 743 g/mol. The van der Waals surface area contributed by atoms with E-state index in [1.165, 1.54) is 22.3 Å². The average Bonchev–Trinajstić information content (AvgIpc) is 3.51. The van der Waals surface area contributed by atoms with E-state index in [0.717, 1.165) is 0 Å². The number of rotatable bonds is 37. The Balaban J connectivity index is 0.941. The first kappa shape index (κ1) is 47.9. The molecular formula is C41H67NO13Si. The van der Waals surface area contributed by atoms with Gasteiger partial charge in [0.15, 0.2) is 8.32 Å². The molecule has 0 unspecified atom stereocenters. The lowest BCUT2D eigenvalue weighted by atomic mass is 9.98. The van der Waals surface area contributed by atoms with Crippen LogP contribution in [0.25, 0.3) is 11.1 Å². The second-order valence-corrected chi connectivity index (χ2v) is 18.2. The molecule has 14 nitrogen and oxygen atoms in total. The predicted octanol–water partition coefficient (Wildman–Crippen LogP) is 4.93. The van der Waals surface area contributed by atoms with E-state index in [1.54, 1.807) is 0 Å². The molecule has 0 atom stereocenters. The smallest absolute Gasteiger partial charge is 0.407 e. The highest BCUT2D eigenvalue weighted by atomic mass is 28.4. The van der Waals surface area contributed by atoms with Crippen LogP contribution in [0.4, 0.5) is 4.79 Å². The molecule has 1 aliphatic carbocycles. The van der Waals surface area contributed by atoms with Crippen LogP contribution in [0, 0.1) is 0 Å². The fourth-order valence-corrected chi connectivity index (χ4v) is 6.20. The number of nitrogens with one attached hydrogen (secondary N) is 1. The van der Waals surface area contributed by atoms with Crippen molar-refractivity contribution in [3.63, 3.8) is 0 Å². The Bertz CT molecular complexity index is 1220. The van der Waals surface area contributed by atoms with Crippen molar-refractivity contribution in [1.82, 2.24) is 5.32 Å². The Kier molecular flexibility index (Phi) is 26.9. The van der Waals surface area contributed by atoms with Gasteiger partial charge in [-0.3, -0.25) is 0 Å². The molecule has 56 heavy (non-hydrogen) atoms. The largest absolute Gasteiger partial charge is 0.449 e. The number of carbonyl (C=O) groups excluding carboxylic acids is 1. The summed E-state index contributed by atoms with van der Waals surface area (Å²) in [4.78, 5) is 12.3. The summed E-state index contributed by atoms with van der Waals surface area (Å²) in [5.41, 5.74) is 4.81. The van der Waals surface area contributed by atoms with E-state index in [4.69, 9.17) is 56.5 Å². The normalized spacial score (nSPS) is 12.6. The molecule has 318 valence electrons. The predicted molar refractivity (Wildman–Crippen MR) is 215 cm³/mol. The molecule has 0 spiro atoms. The number of fused-ring (bicyclic) bond motifs is 3. The standard InChI is InChI=1S/C41H67NO13Si/c1-56(2,3)55-34-33-53-32-31-52-30-29-51-28-27-50-26-25-49-24-23-48-22-21-47-20-19-46-18-17-45-16-15-44-14-8-13-42-41(43)54-35-40-38-11-6-4-9-36(38)37-10-5-7-12-39(37)40/h4-7,9-12,40H,8,13-35H2,1-3H3,(H,42,43). The highest BCUT2D eigenvalue weighted by Crippen LogP contribution is 2.44. The molecule has 1 amide bonds. The highest BCUT2D eigenvalue weighted by Gasteiger charge is 2.29. The van der Waals surface area contributed by atoms with Gasteiger partial charge in [0.25, 0.3) is 0 Å². The second-order valence-electron chi connectivity index (χ2n) is 13.7. The Morgan fingerprint density at radius 2 is 0.804 bits per heavy atom. The second kappa shape index (κ2) is 31.5. The van der Waals surface area contributed by atoms with E-state index in [-0.39, 0.29) is 5.92 Å². The molecule has 15 heteroatoms. The molecule has 0 aromatic heterocycles. The van der Waals surface area contributed by atoms with Crippen LogP contribution in [0.5, 0.6) is 0 Å². The Morgan fingerprint density at radius 3 is 1.16 bits per heavy atom. The quantitative estimate of drug-likeness (QED) is 0.0730. The minimum absolute atomic E-state index is 0.0498. The van der Waals surface area contributed by atoms with Gasteiger partial charge in [0.1, 0.15) is 6.61 Å². The van der Waals surface area contributed by atoms with Crippen LogP contribution in [-0.2, 0) is 56.5 Å². The molecule has 0 aliphatic heterocycles. The van der Waals surface area contributed by atoms with Crippen LogP contribution in [0.3, 0.4) is 0 Å². The van der Waals surface area contributed by atoms with Crippen LogP contribution in [0.1, 0.15) is 23.5 Å². The van der Waals surface area contributed by atoms with Crippen molar-refractivity contribution >= 4 is 14.4 Å². The molecule has 0 heterocycles. The first-order valence-electron chi connectivity index (χ1n) is 20.0. The summed E-state index contributed by atoms with van der Waals surface area (Å²) < 4.78 is 66.4. The minimum atomic E-state index is -1.46. The summed E-state index contributed by atoms with van der Waals surface area (Å²) in [6.45, 7) is 18.1. The monoisotopic (exact) mass is 809 g/mol. The topological polar surface area (TPSA) is 140 Å². The molecule has 3 rings (SSSR count). The molecule has 2 aromatic rings. The van der Waals surface area contributed by atoms with Crippen molar-refractivity contribution in [1.29, 1.82) is 0 Å². The SMILES string of the molecule is C[Si](C)(C)OCCOCCOCCOCCOCCOCCOCCOCCOCCOCCOCCCNC(=O)OCC1c2ccccc2-c2ccccc21. The van der Waals surface area contributed by atoms with Crippen molar-refractivity contribution < 1.29 is 61.3 Å². The maximum atomic E-state index is 12.3. The third kappa shape index (κ3) is 23.0. The molecule has 0 bridgehead atoms. The van der Waals surface area contributed by atoms with Crippen LogP contribution in [0.2, 0.25) is 19.6 Å². The van der Waals surface area contributed by atoms with Gasteiger partial charge >= 0.3 is 6.09 Å². The summed E-state index contributed by atoms with van der Waals surface area (Å²) in [5.74, 6) is 0.0498. The molecule has 0 radical (unpaired) electrons. The number of hydrogen-bond acceptors (Lipinski definition) is 13. The van der Waals surface area contributed by atoms with Crippen molar-refractivity contribution in [2.45, 2.75) is 32.0 Å². The van der Waals surface area contributed by atoms with Gasteiger partial charge in [0.05, 0.1) is 132 Å². The summed E-state index contributed by atoms with van der Waals surface area (Å²) in [7, 11) is -1.46. The first-order valence-corrected chi connectivity index (χ1v) is 23.4. The van der Waals surface area contributed by atoms with E-state index in [2.05, 4.69) is 49.2 Å². The van der Waals surface area contributed by atoms with Crippen LogP contribution in [-0.4, -0.2) is 166 Å². The van der Waals surface area contributed by atoms with E-state index in [0.29, 0.717) is 158 Å². The highest BCUT2D eigenvalue weighted by molar-refractivity contribution is 6.69. The van der Waals surface area contributed by atoms with Crippen LogP contribution in [0.15, 0.2) is 48.5 Å². The molecule has 0 saturated carbocycles. The van der Waals surface area contributed by atoms with Gasteiger partial charge in [-0.15, -0.1) is 0 Å².